The van der Waals surface area contributed by atoms with Crippen molar-refractivity contribution in [3.05, 3.63) is 0 Å². The minimum Gasteiger partial charge on any atom is -0.351 e. The van der Waals surface area contributed by atoms with E-state index in [1.54, 1.807) is 0 Å². The topological polar surface area (TPSA) is 122 Å². The number of carbonyl (C=O) groups excluding carboxylic acids is 4. The average Bonchev–Trinajstić information content (AvgIpc) is 2.27. The maximum atomic E-state index is 11.9. The molecular formula is C8H12N4O5. The zero-order chi connectivity index (χ0) is 13.4. The number of amides is 6. The number of nitrogens with two attached hydrogens (primary N) is 1. The van der Waals surface area contributed by atoms with E-state index in [-0.39, 0.29) is 0 Å². The Hall–Kier alpha value is -2.16. The Morgan fingerprint density at radius 3 is 2.41 bits per heavy atom. The van der Waals surface area contributed by atoms with Gasteiger partial charge in [0.25, 0.3) is 11.8 Å². The first-order chi connectivity index (χ1) is 7.78. The Kier molecular flexibility index (Phi) is 3.05. The molecule has 94 valence electrons. The number of urea groups is 2. The van der Waals surface area contributed by atoms with Gasteiger partial charge in [0.2, 0.25) is 0 Å². The second-order valence-electron chi connectivity index (χ2n) is 3.37. The maximum Gasteiger partial charge on any atom is 0.330 e. The van der Waals surface area contributed by atoms with Crippen LogP contribution in [0.25, 0.3) is 0 Å². The third kappa shape index (κ3) is 1.60. The van der Waals surface area contributed by atoms with Crippen LogP contribution in [-0.2, 0) is 14.3 Å². The molecule has 0 saturated carbocycles. The van der Waals surface area contributed by atoms with Crippen molar-refractivity contribution >= 4 is 23.9 Å². The molecule has 0 spiro atoms. The maximum absolute atomic E-state index is 11.9. The van der Waals surface area contributed by atoms with Crippen molar-refractivity contribution in [3.63, 3.8) is 0 Å². The molecule has 1 fully saturated rings. The van der Waals surface area contributed by atoms with Crippen LogP contribution in [0.3, 0.4) is 0 Å². The number of rotatable bonds is 2. The molecule has 0 aromatic heterocycles. The SMILES string of the molecule is CO[C@]1(N(C)C(N)=O)C(=O)NC(=O)N(C)C1=O. The number of methoxy groups -OCH3 is 1. The van der Waals surface area contributed by atoms with Gasteiger partial charge >= 0.3 is 17.8 Å². The van der Waals surface area contributed by atoms with Gasteiger partial charge in [0.15, 0.2) is 0 Å². The van der Waals surface area contributed by atoms with E-state index in [0.29, 0.717) is 9.80 Å². The molecule has 1 atom stereocenters. The molecule has 0 aromatic rings. The largest absolute Gasteiger partial charge is 0.351 e. The number of nitrogens with one attached hydrogen (secondary N) is 1. The Morgan fingerprint density at radius 1 is 1.47 bits per heavy atom. The number of imide groups is 2. The van der Waals surface area contributed by atoms with E-state index in [9.17, 15) is 19.2 Å². The molecule has 0 aromatic carbocycles. The number of primary amides is 1. The van der Waals surface area contributed by atoms with Crippen LogP contribution in [0.4, 0.5) is 9.59 Å². The number of likely N-dealkylation sites (N-methyl/N-ethyl adjacent to an activating group) is 2. The lowest BCUT2D eigenvalue weighted by molar-refractivity contribution is -0.181. The first kappa shape index (κ1) is 12.9. The molecule has 0 unspecified atom stereocenters. The summed E-state index contributed by atoms with van der Waals surface area (Å²) >= 11 is 0. The quantitative estimate of drug-likeness (QED) is 0.431. The fourth-order valence-corrected chi connectivity index (χ4v) is 1.45. The summed E-state index contributed by atoms with van der Waals surface area (Å²) in [6, 6.07) is -1.94. The predicted molar refractivity (Wildman–Crippen MR) is 53.4 cm³/mol. The highest BCUT2D eigenvalue weighted by molar-refractivity contribution is 6.22. The van der Waals surface area contributed by atoms with Gasteiger partial charge in [-0.25, -0.2) is 9.59 Å². The zero-order valence-electron chi connectivity index (χ0n) is 9.51. The van der Waals surface area contributed by atoms with Gasteiger partial charge in [-0.3, -0.25) is 24.7 Å². The normalized spacial score (nSPS) is 24.6. The smallest absolute Gasteiger partial charge is 0.330 e. The Balaban J connectivity index is 3.30. The molecule has 1 heterocycles. The van der Waals surface area contributed by atoms with E-state index >= 15 is 0 Å². The lowest BCUT2D eigenvalue weighted by atomic mass is 10.1. The van der Waals surface area contributed by atoms with Crippen LogP contribution in [-0.4, -0.2) is 60.6 Å². The monoisotopic (exact) mass is 244 g/mol. The van der Waals surface area contributed by atoms with Gasteiger partial charge in [-0.15, -0.1) is 0 Å². The van der Waals surface area contributed by atoms with Crippen LogP contribution < -0.4 is 11.1 Å². The summed E-state index contributed by atoms with van der Waals surface area (Å²) in [5, 5.41) is 1.89. The van der Waals surface area contributed by atoms with Crippen molar-refractivity contribution in [2.45, 2.75) is 5.72 Å². The summed E-state index contributed by atoms with van der Waals surface area (Å²) in [5.74, 6) is -2.05. The zero-order valence-corrected chi connectivity index (χ0v) is 9.51. The van der Waals surface area contributed by atoms with Crippen LogP contribution in [0.5, 0.6) is 0 Å². The second-order valence-corrected chi connectivity index (χ2v) is 3.37. The minimum absolute atomic E-state index is 0.619. The van der Waals surface area contributed by atoms with Crippen LogP contribution in [0, 0.1) is 0 Å². The molecular weight excluding hydrogens is 232 g/mol. The van der Waals surface area contributed by atoms with Gasteiger partial charge in [0, 0.05) is 21.2 Å². The summed E-state index contributed by atoms with van der Waals surface area (Å²) in [4.78, 5) is 47.1. The molecule has 1 rings (SSSR count). The highest BCUT2D eigenvalue weighted by Crippen LogP contribution is 2.21. The second kappa shape index (κ2) is 4.01. The average molecular weight is 244 g/mol. The van der Waals surface area contributed by atoms with Gasteiger partial charge in [-0.2, -0.15) is 0 Å². The molecule has 0 radical (unpaired) electrons. The number of hydrogen-bond donors (Lipinski definition) is 2. The fraction of sp³-hybridized carbons (Fsp3) is 0.500. The minimum atomic E-state index is -2.26. The van der Waals surface area contributed by atoms with Crippen molar-refractivity contribution in [2.24, 2.45) is 5.73 Å². The van der Waals surface area contributed by atoms with E-state index in [1.807, 2.05) is 5.32 Å². The number of ether oxygens (including phenoxy) is 1. The van der Waals surface area contributed by atoms with E-state index in [2.05, 4.69) is 0 Å². The third-order valence-electron chi connectivity index (χ3n) is 2.53. The molecule has 9 heteroatoms. The first-order valence-electron chi connectivity index (χ1n) is 4.51. The highest BCUT2D eigenvalue weighted by atomic mass is 16.5. The van der Waals surface area contributed by atoms with Gasteiger partial charge in [-0.05, 0) is 0 Å². The van der Waals surface area contributed by atoms with Crippen molar-refractivity contribution in [3.8, 4) is 0 Å². The third-order valence-corrected chi connectivity index (χ3v) is 2.53. The van der Waals surface area contributed by atoms with Gasteiger partial charge < -0.3 is 10.5 Å². The van der Waals surface area contributed by atoms with E-state index in [0.717, 1.165) is 21.2 Å². The molecule has 17 heavy (non-hydrogen) atoms. The van der Waals surface area contributed by atoms with Crippen molar-refractivity contribution in [2.75, 3.05) is 21.2 Å². The summed E-state index contributed by atoms with van der Waals surface area (Å²) in [7, 11) is 3.32. The number of nitrogens with zero attached hydrogens (tertiary/aromatic N) is 2. The first-order valence-corrected chi connectivity index (χ1v) is 4.51. The lowest BCUT2D eigenvalue weighted by Gasteiger charge is -2.40. The Bertz CT molecular complexity index is 409. The van der Waals surface area contributed by atoms with E-state index in [4.69, 9.17) is 10.5 Å². The molecule has 1 aliphatic heterocycles. The van der Waals surface area contributed by atoms with Crippen molar-refractivity contribution in [1.29, 1.82) is 0 Å². The molecule has 1 aliphatic rings. The van der Waals surface area contributed by atoms with Crippen LogP contribution in [0.2, 0.25) is 0 Å². The molecule has 1 saturated heterocycles. The molecule has 0 aliphatic carbocycles. The highest BCUT2D eigenvalue weighted by Gasteiger charge is 2.58. The van der Waals surface area contributed by atoms with Gasteiger partial charge in [0.05, 0.1) is 0 Å². The Morgan fingerprint density at radius 2 is 2.00 bits per heavy atom. The van der Waals surface area contributed by atoms with Crippen LogP contribution in [0.1, 0.15) is 0 Å². The number of carbonyl (C=O) groups is 4. The molecule has 9 nitrogen and oxygen atoms in total. The standard InChI is InChI=1S/C8H12N4O5/c1-11-5(14)8(17-3,12(2)6(9)15)4(13)10-7(11)16/h1-3H3,(H2,9,15)(H,10,13,16)/t8-/m1/s1. The van der Waals surface area contributed by atoms with Crippen molar-refractivity contribution in [1.82, 2.24) is 15.1 Å². The molecule has 6 amide bonds. The van der Waals surface area contributed by atoms with Gasteiger partial charge in [-0.1, -0.05) is 0 Å². The summed E-state index contributed by atoms with van der Waals surface area (Å²) in [5.41, 5.74) is 2.75. The fourth-order valence-electron chi connectivity index (χ4n) is 1.45. The number of barbiturate groups is 1. The lowest BCUT2D eigenvalue weighted by Crippen LogP contribution is -2.74. The van der Waals surface area contributed by atoms with Crippen LogP contribution in [0.15, 0.2) is 0 Å². The summed E-state index contributed by atoms with van der Waals surface area (Å²) in [6.07, 6.45) is 0. The van der Waals surface area contributed by atoms with Crippen LogP contribution >= 0.6 is 0 Å². The van der Waals surface area contributed by atoms with E-state index in [1.165, 1.54) is 0 Å². The van der Waals surface area contributed by atoms with Crippen molar-refractivity contribution < 1.29 is 23.9 Å². The van der Waals surface area contributed by atoms with E-state index < -0.39 is 29.6 Å². The Labute approximate surface area is 96.5 Å². The van der Waals surface area contributed by atoms with Gasteiger partial charge in [0.1, 0.15) is 0 Å². The predicted octanol–water partition coefficient (Wildman–Crippen LogP) is -1.95. The molecule has 0 bridgehead atoms. The summed E-state index contributed by atoms with van der Waals surface area (Å²) < 4.78 is 4.81. The number of hydrogen-bond acceptors (Lipinski definition) is 5. The molecule has 3 N–H and O–H groups in total. The summed E-state index contributed by atoms with van der Waals surface area (Å²) in [6.45, 7) is 0.